The third-order valence-corrected chi connectivity index (χ3v) is 2.32. The highest BCUT2D eigenvalue weighted by Crippen LogP contribution is 2.19. The molecule has 0 atom stereocenters. The average Bonchev–Trinajstić information content (AvgIpc) is 2.30. The minimum absolute atomic E-state index is 0.236. The molecule has 17 heavy (non-hydrogen) atoms. The molecule has 0 spiro atoms. The Morgan fingerprint density at radius 3 is 2.71 bits per heavy atom. The smallest absolute Gasteiger partial charge is 0.287 e. The molecule has 0 aliphatic carbocycles. The number of carbonyl (C=O) groups is 1. The summed E-state index contributed by atoms with van der Waals surface area (Å²) in [5.41, 5.74) is -0.236. The van der Waals surface area contributed by atoms with Gasteiger partial charge in [0.15, 0.2) is 0 Å². The molecule has 0 bridgehead atoms. The molecule has 1 rings (SSSR count). The lowest BCUT2D eigenvalue weighted by molar-refractivity contribution is -0.0462. The molecule has 7 heteroatoms. The second-order valence-corrected chi connectivity index (χ2v) is 3.68. The second-order valence-electron chi connectivity index (χ2n) is 3.30. The Kier molecular flexibility index (Phi) is 4.36. The highest BCUT2D eigenvalue weighted by Gasteiger charge is 2.28. The molecule has 0 unspecified atom stereocenters. The van der Waals surface area contributed by atoms with Gasteiger partial charge in [0.05, 0.1) is 17.1 Å². The number of nitrogens with one attached hydrogen (secondary N) is 1. The van der Waals surface area contributed by atoms with Crippen LogP contribution in [0.2, 0.25) is 5.02 Å². The van der Waals surface area contributed by atoms with Gasteiger partial charge in [-0.1, -0.05) is 17.7 Å². The van der Waals surface area contributed by atoms with Crippen molar-refractivity contribution in [3.05, 3.63) is 34.6 Å². The number of hydrogen-bond acceptors (Lipinski definition) is 2. The van der Waals surface area contributed by atoms with Crippen molar-refractivity contribution >= 4 is 17.5 Å². The van der Waals surface area contributed by atoms with E-state index in [1.54, 1.807) is 0 Å². The number of rotatable bonds is 4. The number of carbonyl (C=O) groups excluding carboxylic acids is 1. The summed E-state index contributed by atoms with van der Waals surface area (Å²) in [6.45, 7) is -2.43. The van der Waals surface area contributed by atoms with Gasteiger partial charge in [0.25, 0.3) is 11.8 Å². The normalized spacial score (nSPS) is 11.4. The Labute approximate surface area is 100 Å². The molecule has 94 valence electrons. The SMILES string of the molecule is O=C(NCC(F)(F)CO)c1cccc(F)c1Cl. The molecule has 0 saturated heterocycles. The van der Waals surface area contributed by atoms with Gasteiger partial charge in [0.2, 0.25) is 0 Å². The molecule has 2 N–H and O–H groups in total. The van der Waals surface area contributed by atoms with Crippen molar-refractivity contribution in [1.29, 1.82) is 0 Å². The zero-order valence-corrected chi connectivity index (χ0v) is 9.27. The standard InChI is InChI=1S/C10H9ClF3NO2/c11-8-6(2-1-3-7(8)12)9(17)15-4-10(13,14)5-16/h1-3,16H,4-5H2,(H,15,17). The molecule has 0 saturated carbocycles. The van der Waals surface area contributed by atoms with Crippen molar-refractivity contribution in [2.45, 2.75) is 5.92 Å². The Hall–Kier alpha value is -1.27. The zero-order valence-electron chi connectivity index (χ0n) is 8.51. The number of benzene rings is 1. The molecule has 0 aliphatic heterocycles. The molecule has 1 amide bonds. The van der Waals surface area contributed by atoms with Gasteiger partial charge >= 0.3 is 0 Å². The van der Waals surface area contributed by atoms with Crippen molar-refractivity contribution in [2.75, 3.05) is 13.2 Å². The van der Waals surface area contributed by atoms with E-state index in [9.17, 15) is 18.0 Å². The van der Waals surface area contributed by atoms with E-state index in [-0.39, 0.29) is 5.56 Å². The van der Waals surface area contributed by atoms with Gasteiger partial charge in [-0.25, -0.2) is 13.2 Å². The lowest BCUT2D eigenvalue weighted by Crippen LogP contribution is -2.39. The maximum absolute atomic E-state index is 13.0. The molecule has 0 heterocycles. The number of halogens is 4. The van der Waals surface area contributed by atoms with Crippen LogP contribution in [-0.4, -0.2) is 30.1 Å². The van der Waals surface area contributed by atoms with Gasteiger partial charge in [-0.2, -0.15) is 0 Å². The van der Waals surface area contributed by atoms with Crippen molar-refractivity contribution in [3.8, 4) is 0 Å². The number of alkyl halides is 2. The summed E-state index contributed by atoms with van der Waals surface area (Å²) in [5, 5.41) is 9.71. The van der Waals surface area contributed by atoms with Crippen LogP contribution in [0.15, 0.2) is 18.2 Å². The summed E-state index contributed by atoms with van der Waals surface area (Å²) in [7, 11) is 0. The van der Waals surface area contributed by atoms with Crippen LogP contribution in [0.4, 0.5) is 13.2 Å². The summed E-state index contributed by atoms with van der Waals surface area (Å²) >= 11 is 5.50. The molecule has 0 aliphatic rings. The minimum Gasteiger partial charge on any atom is -0.390 e. The van der Waals surface area contributed by atoms with E-state index in [4.69, 9.17) is 16.7 Å². The fraction of sp³-hybridized carbons (Fsp3) is 0.300. The van der Waals surface area contributed by atoms with Crippen molar-refractivity contribution in [1.82, 2.24) is 5.32 Å². The molecule has 1 aromatic rings. The predicted octanol–water partition coefficient (Wildman–Crippen LogP) is 1.84. The van der Waals surface area contributed by atoms with E-state index in [1.165, 1.54) is 12.1 Å². The van der Waals surface area contributed by atoms with Crippen LogP contribution in [0.1, 0.15) is 10.4 Å². The van der Waals surface area contributed by atoms with E-state index in [1.807, 2.05) is 5.32 Å². The fourth-order valence-corrected chi connectivity index (χ4v) is 1.25. The Bertz CT molecular complexity index is 426. The lowest BCUT2D eigenvalue weighted by atomic mass is 10.2. The molecular weight excluding hydrogens is 259 g/mol. The third kappa shape index (κ3) is 3.61. The van der Waals surface area contributed by atoms with Crippen LogP contribution >= 0.6 is 11.6 Å². The summed E-state index contributed by atoms with van der Waals surface area (Å²) < 4.78 is 38.3. The quantitative estimate of drug-likeness (QED) is 0.874. The van der Waals surface area contributed by atoms with Gasteiger partial charge in [-0.05, 0) is 12.1 Å². The van der Waals surface area contributed by atoms with Gasteiger partial charge in [0.1, 0.15) is 12.4 Å². The second kappa shape index (κ2) is 5.37. The first kappa shape index (κ1) is 13.8. The van der Waals surface area contributed by atoms with Crippen LogP contribution in [0, 0.1) is 5.82 Å². The van der Waals surface area contributed by atoms with Crippen LogP contribution in [0.25, 0.3) is 0 Å². The Morgan fingerprint density at radius 1 is 1.47 bits per heavy atom. The predicted molar refractivity (Wildman–Crippen MR) is 55.8 cm³/mol. The maximum atomic E-state index is 13.0. The van der Waals surface area contributed by atoms with Crippen molar-refractivity contribution in [3.63, 3.8) is 0 Å². The fourth-order valence-electron chi connectivity index (χ4n) is 1.04. The van der Waals surface area contributed by atoms with E-state index in [0.717, 1.165) is 6.07 Å². The average molecular weight is 268 g/mol. The number of aliphatic hydroxyl groups excluding tert-OH is 1. The molecular formula is C10H9ClF3NO2. The lowest BCUT2D eigenvalue weighted by Gasteiger charge is -2.14. The Balaban J connectivity index is 2.74. The van der Waals surface area contributed by atoms with Crippen molar-refractivity contribution < 1.29 is 23.1 Å². The van der Waals surface area contributed by atoms with Crippen LogP contribution in [-0.2, 0) is 0 Å². The molecule has 0 aromatic heterocycles. The molecule has 1 aromatic carbocycles. The highest BCUT2D eigenvalue weighted by atomic mass is 35.5. The topological polar surface area (TPSA) is 49.3 Å². The first-order valence-corrected chi connectivity index (χ1v) is 4.96. The maximum Gasteiger partial charge on any atom is 0.287 e. The van der Waals surface area contributed by atoms with Crippen LogP contribution in [0.3, 0.4) is 0 Å². The largest absolute Gasteiger partial charge is 0.390 e. The number of aliphatic hydroxyl groups is 1. The summed E-state index contributed by atoms with van der Waals surface area (Å²) in [6.07, 6.45) is 0. The molecule has 0 radical (unpaired) electrons. The van der Waals surface area contributed by atoms with E-state index >= 15 is 0 Å². The van der Waals surface area contributed by atoms with Gasteiger partial charge in [-0.3, -0.25) is 4.79 Å². The number of hydrogen-bond donors (Lipinski definition) is 2. The monoisotopic (exact) mass is 267 g/mol. The summed E-state index contributed by atoms with van der Waals surface area (Å²) in [4.78, 5) is 11.4. The van der Waals surface area contributed by atoms with E-state index in [2.05, 4.69) is 0 Å². The highest BCUT2D eigenvalue weighted by molar-refractivity contribution is 6.34. The number of amides is 1. The first-order chi connectivity index (χ1) is 7.87. The minimum atomic E-state index is -3.42. The molecule has 3 nitrogen and oxygen atoms in total. The van der Waals surface area contributed by atoms with Crippen molar-refractivity contribution in [2.24, 2.45) is 0 Å². The van der Waals surface area contributed by atoms with Crippen LogP contribution < -0.4 is 5.32 Å². The van der Waals surface area contributed by atoms with Gasteiger partial charge < -0.3 is 10.4 Å². The van der Waals surface area contributed by atoms with Crippen LogP contribution in [0.5, 0.6) is 0 Å². The third-order valence-electron chi connectivity index (χ3n) is 1.94. The Morgan fingerprint density at radius 2 is 2.12 bits per heavy atom. The van der Waals surface area contributed by atoms with E-state index < -0.39 is 35.8 Å². The molecule has 0 fully saturated rings. The first-order valence-electron chi connectivity index (χ1n) is 4.58. The van der Waals surface area contributed by atoms with E-state index in [0.29, 0.717) is 0 Å². The van der Waals surface area contributed by atoms with Gasteiger partial charge in [-0.15, -0.1) is 0 Å². The summed E-state index contributed by atoms with van der Waals surface area (Å²) in [5.74, 6) is -5.16. The van der Waals surface area contributed by atoms with Gasteiger partial charge in [0, 0.05) is 0 Å². The summed E-state index contributed by atoms with van der Waals surface area (Å²) in [6, 6.07) is 3.49. The zero-order chi connectivity index (χ0) is 13.1.